The molecule has 0 fully saturated rings. The predicted octanol–water partition coefficient (Wildman–Crippen LogP) is 2.27. The van der Waals surface area contributed by atoms with Gasteiger partial charge in [-0.05, 0) is 46.7 Å². The number of nitrogens with zero attached hydrogens (tertiary/aromatic N) is 1. The Morgan fingerprint density at radius 3 is 2.60 bits per heavy atom. The van der Waals surface area contributed by atoms with E-state index >= 15 is 0 Å². The molecule has 0 aliphatic rings. The van der Waals surface area contributed by atoms with Crippen LogP contribution in [0.3, 0.4) is 0 Å². The maximum Gasteiger partial charge on any atom is 0.255 e. The second-order valence-electron chi connectivity index (χ2n) is 4.98. The standard InChI is InChI=1S/C14H18FIN2O2/c1-9(2)7-17-13(19)8-18(3)14(20)11-5-4-10(15)6-12(11)16/h4-6,9H,7-8H2,1-3H3,(H,17,19). The first-order chi connectivity index (χ1) is 9.31. The normalized spacial score (nSPS) is 10.5. The van der Waals surface area contributed by atoms with Gasteiger partial charge in [-0.25, -0.2) is 4.39 Å². The van der Waals surface area contributed by atoms with Crippen LogP contribution < -0.4 is 5.32 Å². The second-order valence-corrected chi connectivity index (χ2v) is 6.15. The molecule has 6 heteroatoms. The van der Waals surface area contributed by atoms with Crippen LogP contribution in [0.25, 0.3) is 0 Å². The lowest BCUT2D eigenvalue weighted by Crippen LogP contribution is -2.39. The Labute approximate surface area is 131 Å². The van der Waals surface area contributed by atoms with Gasteiger partial charge in [-0.3, -0.25) is 9.59 Å². The summed E-state index contributed by atoms with van der Waals surface area (Å²) in [5.41, 5.74) is 0.395. The Bertz CT molecular complexity index is 506. The highest BCUT2D eigenvalue weighted by Gasteiger charge is 2.17. The molecule has 0 aliphatic carbocycles. The molecular formula is C14H18FIN2O2. The van der Waals surface area contributed by atoms with Gasteiger partial charge in [0.25, 0.3) is 5.91 Å². The number of benzene rings is 1. The summed E-state index contributed by atoms with van der Waals surface area (Å²) in [5.74, 6) is -0.526. The number of halogens is 2. The molecule has 0 radical (unpaired) electrons. The maximum atomic E-state index is 13.0. The van der Waals surface area contributed by atoms with Crippen molar-refractivity contribution in [1.82, 2.24) is 10.2 Å². The van der Waals surface area contributed by atoms with E-state index in [1.807, 2.05) is 36.4 Å². The van der Waals surface area contributed by atoms with Gasteiger partial charge in [0.2, 0.25) is 5.91 Å². The number of hydrogen-bond acceptors (Lipinski definition) is 2. The van der Waals surface area contributed by atoms with Gasteiger partial charge in [0.15, 0.2) is 0 Å². The van der Waals surface area contributed by atoms with Crippen molar-refractivity contribution in [2.24, 2.45) is 5.92 Å². The van der Waals surface area contributed by atoms with E-state index < -0.39 is 0 Å². The number of carbonyl (C=O) groups is 2. The highest BCUT2D eigenvalue weighted by atomic mass is 127. The van der Waals surface area contributed by atoms with Gasteiger partial charge in [-0.1, -0.05) is 13.8 Å². The van der Waals surface area contributed by atoms with Gasteiger partial charge in [0, 0.05) is 17.2 Å². The van der Waals surface area contributed by atoms with Gasteiger partial charge in [0.05, 0.1) is 12.1 Å². The molecule has 2 amide bonds. The van der Waals surface area contributed by atoms with Crippen LogP contribution in [-0.4, -0.2) is 36.9 Å². The molecule has 20 heavy (non-hydrogen) atoms. The average Bonchev–Trinajstić information content (AvgIpc) is 2.35. The first-order valence-electron chi connectivity index (χ1n) is 6.28. The average molecular weight is 392 g/mol. The third-order valence-corrected chi connectivity index (χ3v) is 3.49. The van der Waals surface area contributed by atoms with E-state index in [9.17, 15) is 14.0 Å². The van der Waals surface area contributed by atoms with Gasteiger partial charge in [0.1, 0.15) is 5.82 Å². The Morgan fingerprint density at radius 2 is 2.05 bits per heavy atom. The van der Waals surface area contributed by atoms with E-state index in [0.717, 1.165) is 0 Å². The van der Waals surface area contributed by atoms with Gasteiger partial charge in [-0.15, -0.1) is 0 Å². The van der Waals surface area contributed by atoms with Crippen LogP contribution in [0.4, 0.5) is 4.39 Å². The molecule has 0 saturated heterocycles. The Morgan fingerprint density at radius 1 is 1.40 bits per heavy atom. The van der Waals surface area contributed by atoms with Crippen molar-refractivity contribution in [2.45, 2.75) is 13.8 Å². The maximum absolute atomic E-state index is 13.0. The number of rotatable bonds is 5. The van der Waals surface area contributed by atoms with E-state index in [1.165, 1.54) is 23.1 Å². The molecule has 0 saturated carbocycles. The zero-order valence-electron chi connectivity index (χ0n) is 11.7. The number of amides is 2. The number of carbonyl (C=O) groups excluding carboxylic acids is 2. The first-order valence-corrected chi connectivity index (χ1v) is 7.36. The monoisotopic (exact) mass is 392 g/mol. The van der Waals surface area contributed by atoms with E-state index in [-0.39, 0.29) is 24.2 Å². The summed E-state index contributed by atoms with van der Waals surface area (Å²) in [6.07, 6.45) is 0. The Hall–Kier alpha value is -1.18. The molecule has 1 N–H and O–H groups in total. The van der Waals surface area contributed by atoms with E-state index in [1.54, 1.807) is 7.05 Å². The zero-order chi connectivity index (χ0) is 15.3. The fourth-order valence-electron chi connectivity index (χ4n) is 1.53. The van der Waals surface area contributed by atoms with Crippen LogP contribution >= 0.6 is 22.6 Å². The van der Waals surface area contributed by atoms with Crippen molar-refractivity contribution in [3.8, 4) is 0 Å². The molecule has 0 unspecified atom stereocenters. The van der Waals surface area contributed by atoms with Crippen molar-refractivity contribution in [1.29, 1.82) is 0 Å². The van der Waals surface area contributed by atoms with Crippen molar-refractivity contribution >= 4 is 34.4 Å². The summed E-state index contributed by atoms with van der Waals surface area (Å²) in [6.45, 7) is 4.56. The fraction of sp³-hybridized carbons (Fsp3) is 0.429. The van der Waals surface area contributed by atoms with Crippen LogP contribution in [0.1, 0.15) is 24.2 Å². The van der Waals surface area contributed by atoms with Crippen molar-refractivity contribution < 1.29 is 14.0 Å². The van der Waals surface area contributed by atoms with Crippen molar-refractivity contribution in [3.63, 3.8) is 0 Å². The van der Waals surface area contributed by atoms with Crippen LogP contribution in [-0.2, 0) is 4.79 Å². The van der Waals surface area contributed by atoms with Crippen molar-refractivity contribution in [2.75, 3.05) is 20.1 Å². The summed E-state index contributed by atoms with van der Waals surface area (Å²) in [4.78, 5) is 25.2. The lowest BCUT2D eigenvalue weighted by molar-refractivity contribution is -0.121. The second kappa shape index (κ2) is 7.56. The van der Waals surface area contributed by atoms with E-state index in [2.05, 4.69) is 5.32 Å². The minimum atomic E-state index is -0.386. The minimum Gasteiger partial charge on any atom is -0.354 e. The highest BCUT2D eigenvalue weighted by molar-refractivity contribution is 14.1. The number of nitrogens with one attached hydrogen (secondary N) is 1. The lowest BCUT2D eigenvalue weighted by Gasteiger charge is -2.18. The molecule has 1 aromatic rings. The van der Waals surface area contributed by atoms with Gasteiger partial charge < -0.3 is 10.2 Å². The molecular weight excluding hydrogens is 374 g/mol. The summed E-state index contributed by atoms with van der Waals surface area (Å²) < 4.78 is 13.5. The minimum absolute atomic E-state index is 0.0149. The van der Waals surface area contributed by atoms with Crippen LogP contribution in [0.2, 0.25) is 0 Å². The molecule has 1 rings (SSSR count). The molecule has 0 aliphatic heterocycles. The van der Waals surface area contributed by atoms with Crippen LogP contribution in [0, 0.1) is 15.3 Å². The number of likely N-dealkylation sites (N-methyl/N-ethyl adjacent to an activating group) is 1. The quantitative estimate of drug-likeness (QED) is 0.782. The largest absolute Gasteiger partial charge is 0.354 e. The fourth-order valence-corrected chi connectivity index (χ4v) is 2.24. The van der Waals surface area contributed by atoms with Gasteiger partial charge >= 0.3 is 0 Å². The summed E-state index contributed by atoms with van der Waals surface area (Å²) in [6, 6.07) is 3.96. The first kappa shape index (κ1) is 16.9. The molecule has 0 atom stereocenters. The Balaban J connectivity index is 2.65. The third-order valence-electron chi connectivity index (χ3n) is 2.60. The molecule has 0 heterocycles. The molecule has 1 aromatic carbocycles. The predicted molar refractivity (Wildman–Crippen MR) is 83.9 cm³/mol. The van der Waals surface area contributed by atoms with Crippen molar-refractivity contribution in [3.05, 3.63) is 33.1 Å². The summed E-state index contributed by atoms with van der Waals surface area (Å²) in [5, 5.41) is 2.75. The van der Waals surface area contributed by atoms with E-state index in [4.69, 9.17) is 0 Å². The molecule has 4 nitrogen and oxygen atoms in total. The summed E-state index contributed by atoms with van der Waals surface area (Å²) >= 11 is 1.91. The Kier molecular flexibility index (Phi) is 6.38. The van der Waals surface area contributed by atoms with E-state index in [0.29, 0.717) is 21.6 Å². The van der Waals surface area contributed by atoms with Gasteiger partial charge in [-0.2, -0.15) is 0 Å². The van der Waals surface area contributed by atoms with Crippen LogP contribution in [0.5, 0.6) is 0 Å². The van der Waals surface area contributed by atoms with Crippen LogP contribution in [0.15, 0.2) is 18.2 Å². The summed E-state index contributed by atoms with van der Waals surface area (Å²) in [7, 11) is 1.55. The molecule has 0 bridgehead atoms. The smallest absolute Gasteiger partial charge is 0.255 e. The lowest BCUT2D eigenvalue weighted by atomic mass is 10.2. The molecule has 110 valence electrons. The highest BCUT2D eigenvalue weighted by Crippen LogP contribution is 2.15. The SMILES string of the molecule is CC(C)CNC(=O)CN(C)C(=O)c1ccc(F)cc1I. The molecule has 0 spiro atoms. The zero-order valence-corrected chi connectivity index (χ0v) is 13.9. The molecule has 0 aromatic heterocycles. The topological polar surface area (TPSA) is 49.4 Å². The number of hydrogen-bond donors (Lipinski definition) is 1. The third kappa shape index (κ3) is 5.07.